The first kappa shape index (κ1) is 12.4. The molecule has 0 aromatic heterocycles. The van der Waals surface area contributed by atoms with Gasteiger partial charge in [0.15, 0.2) is 0 Å². The number of halogens is 1. The molecule has 0 unspecified atom stereocenters. The summed E-state index contributed by atoms with van der Waals surface area (Å²) in [5.41, 5.74) is 2.28. The first-order valence-corrected chi connectivity index (χ1v) is 6.84. The molecular formula is C13H17BrN2O. The van der Waals surface area contributed by atoms with E-state index in [1.165, 1.54) is 11.1 Å². The molecule has 0 fully saturated rings. The summed E-state index contributed by atoms with van der Waals surface area (Å²) in [5.74, 6) is 0. The molecule has 2 amide bonds. The summed E-state index contributed by atoms with van der Waals surface area (Å²) >= 11 is 3.40. The fourth-order valence-corrected chi connectivity index (χ4v) is 2.02. The molecule has 1 aromatic carbocycles. The van der Waals surface area contributed by atoms with Gasteiger partial charge in [0.2, 0.25) is 0 Å². The zero-order chi connectivity index (χ0) is 12.5. The number of amides is 2. The SMILES string of the molecule is CC(C)(CBr)NC(=O)N1Cc2ccccc2C1. The van der Waals surface area contributed by atoms with Crippen LogP contribution in [0.3, 0.4) is 0 Å². The van der Waals surface area contributed by atoms with E-state index in [0.29, 0.717) is 13.1 Å². The third-order valence-electron chi connectivity index (χ3n) is 2.91. The molecule has 2 rings (SSSR count). The van der Waals surface area contributed by atoms with Gasteiger partial charge < -0.3 is 10.2 Å². The van der Waals surface area contributed by atoms with Crippen molar-refractivity contribution in [3.63, 3.8) is 0 Å². The average Bonchev–Trinajstić information content (AvgIpc) is 2.72. The van der Waals surface area contributed by atoms with E-state index in [1.807, 2.05) is 30.9 Å². The summed E-state index contributed by atoms with van der Waals surface area (Å²) in [4.78, 5) is 13.9. The van der Waals surface area contributed by atoms with E-state index < -0.39 is 0 Å². The highest BCUT2D eigenvalue weighted by Crippen LogP contribution is 2.22. The number of fused-ring (bicyclic) bond motifs is 1. The normalized spacial score (nSPS) is 14.6. The average molecular weight is 297 g/mol. The molecule has 0 saturated carbocycles. The number of urea groups is 1. The van der Waals surface area contributed by atoms with Crippen LogP contribution < -0.4 is 5.32 Å². The van der Waals surface area contributed by atoms with E-state index in [0.717, 1.165) is 5.33 Å². The number of nitrogens with one attached hydrogen (secondary N) is 1. The predicted molar refractivity (Wildman–Crippen MR) is 72.1 cm³/mol. The Labute approximate surface area is 110 Å². The molecule has 1 N–H and O–H groups in total. The third-order valence-corrected chi connectivity index (χ3v) is 4.31. The molecule has 4 heteroatoms. The van der Waals surface area contributed by atoms with E-state index in [9.17, 15) is 4.79 Å². The molecule has 1 aliphatic rings. The van der Waals surface area contributed by atoms with Gasteiger partial charge in [-0.1, -0.05) is 40.2 Å². The van der Waals surface area contributed by atoms with Crippen LogP contribution >= 0.6 is 15.9 Å². The molecule has 92 valence electrons. The second-order valence-electron chi connectivity index (χ2n) is 5.07. The lowest BCUT2D eigenvalue weighted by atomic mass is 10.1. The summed E-state index contributed by atoms with van der Waals surface area (Å²) in [7, 11) is 0. The van der Waals surface area contributed by atoms with Gasteiger partial charge in [-0.2, -0.15) is 0 Å². The number of rotatable bonds is 2. The monoisotopic (exact) mass is 296 g/mol. The molecule has 0 atom stereocenters. The summed E-state index contributed by atoms with van der Waals surface area (Å²) < 4.78 is 0. The lowest BCUT2D eigenvalue weighted by molar-refractivity contribution is 0.189. The number of carbonyl (C=O) groups is 1. The van der Waals surface area contributed by atoms with Gasteiger partial charge in [0.1, 0.15) is 0 Å². The lowest BCUT2D eigenvalue weighted by Crippen LogP contribution is -2.49. The number of hydrogen-bond acceptors (Lipinski definition) is 1. The van der Waals surface area contributed by atoms with Crippen LogP contribution in [0.2, 0.25) is 0 Å². The molecule has 0 bridgehead atoms. The van der Waals surface area contributed by atoms with Crippen molar-refractivity contribution >= 4 is 22.0 Å². The van der Waals surface area contributed by atoms with Gasteiger partial charge in [0.25, 0.3) is 0 Å². The highest BCUT2D eigenvalue weighted by atomic mass is 79.9. The maximum atomic E-state index is 12.1. The minimum absolute atomic E-state index is 0.00523. The summed E-state index contributed by atoms with van der Waals surface area (Å²) in [6.45, 7) is 5.42. The number of hydrogen-bond donors (Lipinski definition) is 1. The highest BCUT2D eigenvalue weighted by Gasteiger charge is 2.26. The fraction of sp³-hybridized carbons (Fsp3) is 0.462. The van der Waals surface area contributed by atoms with E-state index in [-0.39, 0.29) is 11.6 Å². The van der Waals surface area contributed by atoms with Crippen LogP contribution in [0.1, 0.15) is 25.0 Å². The third kappa shape index (κ3) is 2.80. The Hall–Kier alpha value is -1.03. The van der Waals surface area contributed by atoms with E-state index in [4.69, 9.17) is 0 Å². The number of alkyl halides is 1. The molecule has 0 spiro atoms. The van der Waals surface area contributed by atoms with Crippen molar-refractivity contribution < 1.29 is 4.79 Å². The van der Waals surface area contributed by atoms with Crippen molar-refractivity contribution in [3.8, 4) is 0 Å². The molecule has 1 aliphatic heterocycles. The Balaban J connectivity index is 2.01. The smallest absolute Gasteiger partial charge is 0.318 e. The maximum Gasteiger partial charge on any atom is 0.318 e. The zero-order valence-electron chi connectivity index (χ0n) is 10.2. The fourth-order valence-electron chi connectivity index (χ4n) is 1.88. The van der Waals surface area contributed by atoms with Crippen molar-refractivity contribution in [1.29, 1.82) is 0 Å². The van der Waals surface area contributed by atoms with Crippen molar-refractivity contribution in [2.45, 2.75) is 32.5 Å². The minimum Gasteiger partial charge on any atom is -0.332 e. The van der Waals surface area contributed by atoms with Crippen LogP contribution in [0.15, 0.2) is 24.3 Å². The van der Waals surface area contributed by atoms with Gasteiger partial charge >= 0.3 is 6.03 Å². The van der Waals surface area contributed by atoms with E-state index >= 15 is 0 Å². The zero-order valence-corrected chi connectivity index (χ0v) is 11.8. The van der Waals surface area contributed by atoms with Crippen LogP contribution in [-0.4, -0.2) is 21.8 Å². The quantitative estimate of drug-likeness (QED) is 0.836. The highest BCUT2D eigenvalue weighted by molar-refractivity contribution is 9.09. The molecule has 3 nitrogen and oxygen atoms in total. The molecular weight excluding hydrogens is 280 g/mol. The van der Waals surface area contributed by atoms with Gasteiger partial charge in [-0.05, 0) is 25.0 Å². The van der Waals surface area contributed by atoms with Gasteiger partial charge in [0, 0.05) is 24.0 Å². The Morgan fingerprint density at radius 2 is 1.88 bits per heavy atom. The topological polar surface area (TPSA) is 32.3 Å². The molecule has 17 heavy (non-hydrogen) atoms. The van der Waals surface area contributed by atoms with Gasteiger partial charge in [-0.3, -0.25) is 0 Å². The van der Waals surface area contributed by atoms with Crippen LogP contribution in [-0.2, 0) is 13.1 Å². The standard InChI is InChI=1S/C13H17BrN2O/c1-13(2,9-14)15-12(17)16-7-10-5-3-4-6-11(10)8-16/h3-6H,7-9H2,1-2H3,(H,15,17). The van der Waals surface area contributed by atoms with Gasteiger partial charge in [-0.15, -0.1) is 0 Å². The predicted octanol–water partition coefficient (Wildman–Crippen LogP) is 2.89. The van der Waals surface area contributed by atoms with Gasteiger partial charge in [-0.25, -0.2) is 4.79 Å². The lowest BCUT2D eigenvalue weighted by Gasteiger charge is -2.27. The maximum absolute atomic E-state index is 12.1. The number of benzene rings is 1. The summed E-state index contributed by atoms with van der Waals surface area (Å²) in [5, 5.41) is 3.77. The minimum atomic E-state index is -0.216. The Morgan fingerprint density at radius 3 is 2.35 bits per heavy atom. The van der Waals surface area contributed by atoms with E-state index in [2.05, 4.69) is 33.4 Å². The van der Waals surface area contributed by atoms with Crippen molar-refractivity contribution in [2.24, 2.45) is 0 Å². The Kier molecular flexibility index (Phi) is 3.43. The molecule has 0 aliphatic carbocycles. The molecule has 0 saturated heterocycles. The largest absolute Gasteiger partial charge is 0.332 e. The van der Waals surface area contributed by atoms with Crippen molar-refractivity contribution in [3.05, 3.63) is 35.4 Å². The van der Waals surface area contributed by atoms with Crippen LogP contribution in [0.4, 0.5) is 4.79 Å². The van der Waals surface area contributed by atoms with Crippen molar-refractivity contribution in [2.75, 3.05) is 5.33 Å². The number of carbonyl (C=O) groups excluding carboxylic acids is 1. The van der Waals surface area contributed by atoms with Crippen molar-refractivity contribution in [1.82, 2.24) is 10.2 Å². The van der Waals surface area contributed by atoms with Gasteiger partial charge in [0.05, 0.1) is 0 Å². The summed E-state index contributed by atoms with van der Waals surface area (Å²) in [6.07, 6.45) is 0. The van der Waals surface area contributed by atoms with Crippen LogP contribution in [0.5, 0.6) is 0 Å². The van der Waals surface area contributed by atoms with E-state index in [1.54, 1.807) is 0 Å². The van der Waals surface area contributed by atoms with Crippen LogP contribution in [0, 0.1) is 0 Å². The molecule has 1 heterocycles. The molecule has 1 aromatic rings. The second-order valence-corrected chi connectivity index (χ2v) is 5.63. The van der Waals surface area contributed by atoms with Crippen LogP contribution in [0.25, 0.3) is 0 Å². The Morgan fingerprint density at radius 1 is 1.35 bits per heavy atom. The first-order valence-electron chi connectivity index (χ1n) is 5.72. The molecule has 0 radical (unpaired) electrons. The number of nitrogens with zero attached hydrogens (tertiary/aromatic N) is 1. The summed E-state index contributed by atoms with van der Waals surface area (Å²) in [6, 6.07) is 8.20. The first-order chi connectivity index (χ1) is 8.02. The Bertz CT molecular complexity index is 406. The second kappa shape index (κ2) is 4.69.